The van der Waals surface area contributed by atoms with Gasteiger partial charge in [0.25, 0.3) is 0 Å². The van der Waals surface area contributed by atoms with Gasteiger partial charge in [-0.1, -0.05) is 0 Å². The van der Waals surface area contributed by atoms with Crippen molar-refractivity contribution in [3.05, 3.63) is 23.3 Å². The number of aryl methyl sites for hydroxylation is 2. The Balaban J connectivity index is 1.62. The quantitative estimate of drug-likeness (QED) is 0.596. The summed E-state index contributed by atoms with van der Waals surface area (Å²) in [5.41, 5.74) is 1.34. The maximum atomic E-state index is 13.4. The van der Waals surface area contributed by atoms with E-state index in [9.17, 15) is 13.2 Å². The Labute approximate surface area is 186 Å². The van der Waals surface area contributed by atoms with E-state index in [1.807, 2.05) is 19.0 Å². The van der Waals surface area contributed by atoms with Crippen LogP contribution in [-0.4, -0.2) is 94.6 Å². The first kappa shape index (κ1) is 24.0. The van der Waals surface area contributed by atoms with Crippen molar-refractivity contribution in [1.82, 2.24) is 14.1 Å². The van der Waals surface area contributed by atoms with Crippen LogP contribution in [0, 0.1) is 13.8 Å². The Morgan fingerprint density at radius 2 is 1.84 bits per heavy atom. The fraction of sp³-hybridized carbons (Fsp3) is 0.682. The number of rotatable bonds is 8. The average Bonchev–Trinajstić information content (AvgIpc) is 3.37. The summed E-state index contributed by atoms with van der Waals surface area (Å²) in [7, 11) is 1.96. The number of likely N-dealkylation sites (tertiary alicyclic amines) is 1. The molecule has 31 heavy (non-hydrogen) atoms. The second-order valence-electron chi connectivity index (χ2n) is 8.76. The topological polar surface area (TPSA) is 79.4 Å². The van der Waals surface area contributed by atoms with Crippen molar-refractivity contribution in [3.8, 4) is 5.75 Å². The van der Waals surface area contributed by atoms with Crippen molar-refractivity contribution < 1.29 is 22.7 Å². The first-order valence-electron chi connectivity index (χ1n) is 10.8. The van der Waals surface area contributed by atoms with Crippen LogP contribution in [0.2, 0.25) is 0 Å². The standard InChI is InChI=1S/C22H35N3O5S/c1-16-11-20(29-5)12-17(2)22(16)31(27,28)25-9-6-7-19(25)14-30-15-21(26)24-10-8-18(13-24)23(3)4/h11-12,18-19H,6-10,13-15H2,1-5H3. The molecule has 2 saturated heterocycles. The first-order valence-corrected chi connectivity index (χ1v) is 12.3. The lowest BCUT2D eigenvalue weighted by Crippen LogP contribution is -2.40. The molecule has 0 aromatic heterocycles. The molecule has 174 valence electrons. The second-order valence-corrected chi connectivity index (χ2v) is 10.6. The van der Waals surface area contributed by atoms with Crippen molar-refractivity contribution in [2.45, 2.75) is 50.1 Å². The zero-order chi connectivity index (χ0) is 22.8. The molecular formula is C22H35N3O5S. The number of hydrogen-bond acceptors (Lipinski definition) is 6. The Kier molecular flexibility index (Phi) is 7.62. The molecule has 1 aromatic rings. The Hall–Kier alpha value is -1.68. The molecule has 2 heterocycles. The van der Waals surface area contributed by atoms with Gasteiger partial charge < -0.3 is 19.3 Å². The van der Waals surface area contributed by atoms with Crippen molar-refractivity contribution in [3.63, 3.8) is 0 Å². The Morgan fingerprint density at radius 1 is 1.16 bits per heavy atom. The smallest absolute Gasteiger partial charge is 0.248 e. The monoisotopic (exact) mass is 453 g/mol. The Bertz CT molecular complexity index is 879. The van der Waals surface area contributed by atoms with Gasteiger partial charge in [0.1, 0.15) is 12.4 Å². The molecule has 2 aliphatic heterocycles. The van der Waals surface area contributed by atoms with E-state index in [1.165, 1.54) is 4.31 Å². The molecule has 9 heteroatoms. The fourth-order valence-corrected chi connectivity index (χ4v) is 6.70. The van der Waals surface area contributed by atoms with E-state index < -0.39 is 10.0 Å². The van der Waals surface area contributed by atoms with Gasteiger partial charge in [-0.3, -0.25) is 4.79 Å². The highest BCUT2D eigenvalue weighted by molar-refractivity contribution is 7.89. The summed E-state index contributed by atoms with van der Waals surface area (Å²) < 4.78 is 39.4. The van der Waals surface area contributed by atoms with Gasteiger partial charge >= 0.3 is 0 Å². The van der Waals surface area contributed by atoms with Gasteiger partial charge in [-0.2, -0.15) is 4.31 Å². The molecule has 2 fully saturated rings. The second kappa shape index (κ2) is 9.85. The third-order valence-corrected chi connectivity index (χ3v) is 8.60. The summed E-state index contributed by atoms with van der Waals surface area (Å²) in [5, 5.41) is 0. The molecule has 2 atom stereocenters. The van der Waals surface area contributed by atoms with Crippen LogP contribution < -0.4 is 4.74 Å². The van der Waals surface area contributed by atoms with Crippen LogP contribution in [0.4, 0.5) is 0 Å². The van der Waals surface area contributed by atoms with Crippen LogP contribution in [0.1, 0.15) is 30.4 Å². The minimum atomic E-state index is -3.66. The number of carbonyl (C=O) groups excluding carboxylic acids is 1. The number of carbonyl (C=O) groups is 1. The largest absolute Gasteiger partial charge is 0.497 e. The van der Waals surface area contributed by atoms with Crippen molar-refractivity contribution >= 4 is 15.9 Å². The number of hydrogen-bond donors (Lipinski definition) is 0. The maximum absolute atomic E-state index is 13.4. The average molecular weight is 454 g/mol. The minimum Gasteiger partial charge on any atom is -0.497 e. The molecule has 0 radical (unpaired) electrons. The summed E-state index contributed by atoms with van der Waals surface area (Å²) in [4.78, 5) is 16.8. The zero-order valence-corrected chi connectivity index (χ0v) is 20.1. The highest BCUT2D eigenvalue weighted by Gasteiger charge is 2.37. The predicted molar refractivity (Wildman–Crippen MR) is 119 cm³/mol. The summed E-state index contributed by atoms with van der Waals surface area (Å²) in [6, 6.07) is 3.62. The third kappa shape index (κ3) is 5.22. The van der Waals surface area contributed by atoms with Gasteiger partial charge in [0.05, 0.1) is 18.6 Å². The normalized spacial score (nSPS) is 22.5. The molecule has 0 bridgehead atoms. The van der Waals surface area contributed by atoms with E-state index >= 15 is 0 Å². The lowest BCUT2D eigenvalue weighted by atomic mass is 10.1. The molecule has 0 aliphatic carbocycles. The van der Waals surface area contributed by atoms with E-state index in [0.29, 0.717) is 34.4 Å². The van der Waals surface area contributed by atoms with Gasteiger partial charge in [-0.15, -0.1) is 0 Å². The van der Waals surface area contributed by atoms with Crippen LogP contribution in [-0.2, 0) is 19.6 Å². The molecule has 2 unspecified atom stereocenters. The van der Waals surface area contributed by atoms with Crippen LogP contribution in [0.5, 0.6) is 5.75 Å². The summed E-state index contributed by atoms with van der Waals surface area (Å²) >= 11 is 0. The Morgan fingerprint density at radius 3 is 2.42 bits per heavy atom. The summed E-state index contributed by atoms with van der Waals surface area (Å²) in [6.45, 7) is 5.72. The lowest BCUT2D eigenvalue weighted by molar-refractivity contribution is -0.135. The van der Waals surface area contributed by atoms with E-state index in [0.717, 1.165) is 32.4 Å². The number of ether oxygens (including phenoxy) is 2. The first-order chi connectivity index (χ1) is 14.6. The zero-order valence-electron chi connectivity index (χ0n) is 19.3. The number of methoxy groups -OCH3 is 1. The third-order valence-electron chi connectivity index (χ3n) is 6.34. The van der Waals surface area contributed by atoms with Gasteiger partial charge in [0.2, 0.25) is 15.9 Å². The number of sulfonamides is 1. The van der Waals surface area contributed by atoms with Gasteiger partial charge in [-0.25, -0.2) is 8.42 Å². The maximum Gasteiger partial charge on any atom is 0.248 e. The van der Waals surface area contributed by atoms with Gasteiger partial charge in [0.15, 0.2) is 0 Å². The molecule has 2 aliphatic rings. The highest BCUT2D eigenvalue weighted by atomic mass is 32.2. The van der Waals surface area contributed by atoms with Gasteiger partial charge in [0, 0.05) is 31.7 Å². The molecular weight excluding hydrogens is 418 g/mol. The van der Waals surface area contributed by atoms with Crippen molar-refractivity contribution in [2.24, 2.45) is 0 Å². The molecule has 3 rings (SSSR count). The predicted octanol–water partition coefficient (Wildman–Crippen LogP) is 1.64. The molecule has 0 N–H and O–H groups in total. The van der Waals surface area contributed by atoms with E-state index in [1.54, 1.807) is 33.1 Å². The van der Waals surface area contributed by atoms with Crippen LogP contribution in [0.15, 0.2) is 17.0 Å². The van der Waals surface area contributed by atoms with Crippen LogP contribution >= 0.6 is 0 Å². The van der Waals surface area contributed by atoms with Gasteiger partial charge in [-0.05, 0) is 70.5 Å². The number of likely N-dealkylation sites (N-methyl/N-ethyl adjacent to an activating group) is 1. The minimum absolute atomic E-state index is 0.00880. The van der Waals surface area contributed by atoms with E-state index in [-0.39, 0.29) is 25.2 Å². The van der Waals surface area contributed by atoms with E-state index in [4.69, 9.17) is 9.47 Å². The molecule has 1 aromatic carbocycles. The number of benzene rings is 1. The van der Waals surface area contributed by atoms with E-state index in [2.05, 4.69) is 4.90 Å². The number of amides is 1. The van der Waals surface area contributed by atoms with Crippen LogP contribution in [0.25, 0.3) is 0 Å². The molecule has 0 spiro atoms. The van der Waals surface area contributed by atoms with Crippen molar-refractivity contribution in [2.75, 3.05) is 54.1 Å². The van der Waals surface area contributed by atoms with Crippen LogP contribution in [0.3, 0.4) is 0 Å². The lowest BCUT2D eigenvalue weighted by Gasteiger charge is -2.26. The summed E-state index contributed by atoms with van der Waals surface area (Å²) in [5.74, 6) is 0.616. The fourth-order valence-electron chi connectivity index (χ4n) is 4.61. The molecule has 0 saturated carbocycles. The van der Waals surface area contributed by atoms with Crippen molar-refractivity contribution in [1.29, 1.82) is 0 Å². The SMILES string of the molecule is COc1cc(C)c(S(=O)(=O)N2CCCC2COCC(=O)N2CCC(N(C)C)C2)c(C)c1. The highest BCUT2D eigenvalue weighted by Crippen LogP contribution is 2.32. The number of nitrogens with zero attached hydrogens (tertiary/aromatic N) is 3. The molecule has 8 nitrogen and oxygen atoms in total. The summed E-state index contributed by atoms with van der Waals surface area (Å²) in [6.07, 6.45) is 2.48. The molecule has 1 amide bonds.